The topological polar surface area (TPSA) is 40.6 Å². The van der Waals surface area contributed by atoms with Crippen LogP contribution in [0.1, 0.15) is 65.2 Å². The fraction of sp³-hybridized carbons (Fsp3) is 0.500. The SMILES string of the molecule is CC(=O)N1CCC(CCC(=O)c2ccc3c(c2)CCN(Cc2ccccc2C)CC3)CC1. The summed E-state index contributed by atoms with van der Waals surface area (Å²) in [7, 11) is 0. The van der Waals surface area contributed by atoms with Crippen LogP contribution >= 0.6 is 0 Å². The number of likely N-dealkylation sites (tertiary alicyclic amines) is 1. The Balaban J connectivity index is 1.31. The van der Waals surface area contributed by atoms with E-state index >= 15 is 0 Å². The van der Waals surface area contributed by atoms with E-state index in [0.29, 0.717) is 12.3 Å². The van der Waals surface area contributed by atoms with Gasteiger partial charge in [0.2, 0.25) is 5.91 Å². The third-order valence-electron chi connectivity index (χ3n) is 7.42. The van der Waals surface area contributed by atoms with Gasteiger partial charge in [0.15, 0.2) is 5.78 Å². The monoisotopic (exact) mass is 432 g/mol. The number of nitrogens with zero attached hydrogens (tertiary/aromatic N) is 2. The molecule has 32 heavy (non-hydrogen) atoms. The van der Waals surface area contributed by atoms with Crippen molar-refractivity contribution in [3.05, 3.63) is 70.3 Å². The third kappa shape index (κ3) is 5.66. The lowest BCUT2D eigenvalue weighted by Gasteiger charge is -2.31. The maximum atomic E-state index is 12.9. The van der Waals surface area contributed by atoms with Crippen molar-refractivity contribution in [3.8, 4) is 0 Å². The van der Waals surface area contributed by atoms with Crippen LogP contribution in [-0.2, 0) is 24.2 Å². The van der Waals surface area contributed by atoms with Crippen LogP contribution in [0, 0.1) is 12.8 Å². The fourth-order valence-corrected chi connectivity index (χ4v) is 5.15. The van der Waals surface area contributed by atoms with Gasteiger partial charge in [-0.05, 0) is 73.3 Å². The Morgan fingerprint density at radius 1 is 0.938 bits per heavy atom. The lowest BCUT2D eigenvalue weighted by molar-refractivity contribution is -0.130. The van der Waals surface area contributed by atoms with E-state index in [2.05, 4.69) is 48.2 Å². The molecule has 2 aliphatic rings. The average Bonchev–Trinajstić information content (AvgIpc) is 3.01. The van der Waals surface area contributed by atoms with Crippen molar-refractivity contribution in [2.45, 2.75) is 58.9 Å². The van der Waals surface area contributed by atoms with E-state index in [4.69, 9.17) is 0 Å². The molecular formula is C28H36N2O2. The zero-order valence-corrected chi connectivity index (χ0v) is 19.6. The minimum Gasteiger partial charge on any atom is -0.343 e. The summed E-state index contributed by atoms with van der Waals surface area (Å²) >= 11 is 0. The molecule has 0 bridgehead atoms. The van der Waals surface area contributed by atoms with Crippen LogP contribution < -0.4 is 0 Å². The molecule has 0 N–H and O–H groups in total. The van der Waals surface area contributed by atoms with Crippen LogP contribution in [0.5, 0.6) is 0 Å². The Morgan fingerprint density at radius 3 is 2.38 bits per heavy atom. The number of carbonyl (C=O) groups is 2. The number of rotatable bonds is 6. The van der Waals surface area contributed by atoms with E-state index < -0.39 is 0 Å². The van der Waals surface area contributed by atoms with E-state index in [1.165, 1.54) is 22.3 Å². The van der Waals surface area contributed by atoms with Crippen LogP contribution in [0.3, 0.4) is 0 Å². The molecule has 2 aromatic carbocycles. The lowest BCUT2D eigenvalue weighted by atomic mass is 9.89. The molecule has 0 radical (unpaired) electrons. The van der Waals surface area contributed by atoms with E-state index in [-0.39, 0.29) is 11.7 Å². The Bertz CT molecular complexity index is 960. The molecular weight excluding hydrogens is 396 g/mol. The molecule has 2 aliphatic heterocycles. The predicted octanol–water partition coefficient (Wildman–Crippen LogP) is 4.82. The van der Waals surface area contributed by atoms with Gasteiger partial charge in [-0.3, -0.25) is 14.5 Å². The lowest BCUT2D eigenvalue weighted by Crippen LogP contribution is -2.37. The molecule has 4 rings (SSSR count). The summed E-state index contributed by atoms with van der Waals surface area (Å²) in [5, 5.41) is 0. The van der Waals surface area contributed by atoms with E-state index in [0.717, 1.165) is 70.4 Å². The maximum absolute atomic E-state index is 12.9. The first-order valence-corrected chi connectivity index (χ1v) is 12.2. The first-order valence-electron chi connectivity index (χ1n) is 12.2. The Hall–Kier alpha value is -2.46. The Labute approximate surface area is 192 Å². The second-order valence-corrected chi connectivity index (χ2v) is 9.60. The molecule has 0 spiro atoms. The van der Waals surface area contributed by atoms with Crippen molar-refractivity contribution < 1.29 is 9.59 Å². The van der Waals surface area contributed by atoms with Crippen LogP contribution in [0.4, 0.5) is 0 Å². The quantitative estimate of drug-likeness (QED) is 0.615. The van der Waals surface area contributed by atoms with Gasteiger partial charge in [0.1, 0.15) is 0 Å². The summed E-state index contributed by atoms with van der Waals surface area (Å²) in [5.74, 6) is 0.996. The molecule has 4 heteroatoms. The molecule has 1 amide bonds. The van der Waals surface area contributed by atoms with Crippen molar-refractivity contribution in [1.82, 2.24) is 9.80 Å². The minimum atomic E-state index is 0.168. The maximum Gasteiger partial charge on any atom is 0.219 e. The minimum absolute atomic E-state index is 0.168. The number of amides is 1. The van der Waals surface area contributed by atoms with Gasteiger partial charge in [-0.25, -0.2) is 0 Å². The summed E-state index contributed by atoms with van der Waals surface area (Å²) in [6.07, 6.45) is 5.65. The number of piperidine rings is 1. The summed E-state index contributed by atoms with van der Waals surface area (Å²) in [6, 6.07) is 15.0. The first-order chi connectivity index (χ1) is 15.5. The largest absolute Gasteiger partial charge is 0.343 e. The number of fused-ring (bicyclic) bond motifs is 1. The highest BCUT2D eigenvalue weighted by molar-refractivity contribution is 5.96. The number of hydrogen-bond donors (Lipinski definition) is 0. The molecule has 2 aromatic rings. The van der Waals surface area contributed by atoms with Gasteiger partial charge in [-0.2, -0.15) is 0 Å². The number of Topliss-reactive ketones (excluding diaryl/α,β-unsaturated/α-hetero) is 1. The van der Waals surface area contributed by atoms with Crippen molar-refractivity contribution in [2.24, 2.45) is 5.92 Å². The van der Waals surface area contributed by atoms with Gasteiger partial charge >= 0.3 is 0 Å². The molecule has 0 aromatic heterocycles. The highest BCUT2D eigenvalue weighted by Gasteiger charge is 2.22. The number of aryl methyl sites for hydroxylation is 1. The highest BCUT2D eigenvalue weighted by atomic mass is 16.2. The molecule has 170 valence electrons. The molecule has 4 nitrogen and oxygen atoms in total. The molecule has 1 saturated heterocycles. The van der Waals surface area contributed by atoms with Crippen LogP contribution in [0.2, 0.25) is 0 Å². The summed E-state index contributed by atoms with van der Waals surface area (Å²) in [5.41, 5.74) is 6.37. The smallest absolute Gasteiger partial charge is 0.219 e. The van der Waals surface area contributed by atoms with Crippen LogP contribution in [0.25, 0.3) is 0 Å². The second kappa shape index (κ2) is 10.4. The third-order valence-corrected chi connectivity index (χ3v) is 7.42. The molecule has 1 fully saturated rings. The summed E-state index contributed by atoms with van der Waals surface area (Å²) in [6.45, 7) is 8.60. The molecule has 0 aliphatic carbocycles. The number of ketones is 1. The van der Waals surface area contributed by atoms with Gasteiger partial charge in [0.05, 0.1) is 0 Å². The van der Waals surface area contributed by atoms with Crippen molar-refractivity contribution in [2.75, 3.05) is 26.2 Å². The second-order valence-electron chi connectivity index (χ2n) is 9.60. The van der Waals surface area contributed by atoms with Gasteiger partial charge < -0.3 is 4.90 Å². The zero-order valence-electron chi connectivity index (χ0n) is 19.6. The number of hydrogen-bond acceptors (Lipinski definition) is 3. The van der Waals surface area contributed by atoms with Gasteiger partial charge in [-0.1, -0.05) is 36.4 Å². The average molecular weight is 433 g/mol. The standard InChI is InChI=1S/C28H36N2O2/c1-21-5-3-4-6-27(21)20-29-15-13-24-8-9-26(19-25(24)14-16-29)28(32)10-7-23-11-17-30(18-12-23)22(2)31/h3-6,8-9,19,23H,7,10-18,20H2,1-2H3. The van der Waals surface area contributed by atoms with Crippen LogP contribution in [-0.4, -0.2) is 47.7 Å². The molecule has 2 heterocycles. The summed E-state index contributed by atoms with van der Waals surface area (Å²) in [4.78, 5) is 28.9. The predicted molar refractivity (Wildman–Crippen MR) is 129 cm³/mol. The van der Waals surface area contributed by atoms with Gasteiger partial charge in [0, 0.05) is 51.6 Å². The molecule has 0 saturated carbocycles. The summed E-state index contributed by atoms with van der Waals surface area (Å²) < 4.78 is 0. The zero-order chi connectivity index (χ0) is 22.5. The number of carbonyl (C=O) groups excluding carboxylic acids is 2. The van der Waals surface area contributed by atoms with E-state index in [9.17, 15) is 9.59 Å². The van der Waals surface area contributed by atoms with Gasteiger partial charge in [0.25, 0.3) is 0 Å². The van der Waals surface area contributed by atoms with Crippen molar-refractivity contribution >= 4 is 11.7 Å². The van der Waals surface area contributed by atoms with Gasteiger partial charge in [-0.15, -0.1) is 0 Å². The van der Waals surface area contributed by atoms with E-state index in [1.807, 2.05) is 11.0 Å². The first kappa shape index (κ1) is 22.7. The van der Waals surface area contributed by atoms with Crippen molar-refractivity contribution in [3.63, 3.8) is 0 Å². The van der Waals surface area contributed by atoms with Crippen molar-refractivity contribution in [1.29, 1.82) is 0 Å². The van der Waals surface area contributed by atoms with E-state index in [1.54, 1.807) is 6.92 Å². The fourth-order valence-electron chi connectivity index (χ4n) is 5.15. The normalized spacial score (nSPS) is 17.6. The Kier molecular flexibility index (Phi) is 7.41. The highest BCUT2D eigenvalue weighted by Crippen LogP contribution is 2.25. The molecule has 0 unspecified atom stereocenters. The van der Waals surface area contributed by atoms with Crippen LogP contribution in [0.15, 0.2) is 42.5 Å². The number of benzene rings is 2. The molecule has 0 atom stereocenters. The Morgan fingerprint density at radius 2 is 1.66 bits per heavy atom.